The summed E-state index contributed by atoms with van der Waals surface area (Å²) in [6.45, 7) is 3.31. The van der Waals surface area contributed by atoms with Gasteiger partial charge in [-0.25, -0.2) is 0 Å². The molecule has 0 aliphatic carbocycles. The van der Waals surface area contributed by atoms with Crippen molar-refractivity contribution in [2.24, 2.45) is 0 Å². The van der Waals surface area contributed by atoms with Crippen LogP contribution in [0.25, 0.3) is 10.9 Å². The van der Waals surface area contributed by atoms with Crippen molar-refractivity contribution in [2.75, 3.05) is 13.6 Å². The van der Waals surface area contributed by atoms with E-state index in [9.17, 15) is 5.11 Å². The number of rotatable bonds is 4. The zero-order chi connectivity index (χ0) is 12.3. The first-order valence-electron chi connectivity index (χ1n) is 5.86. The van der Waals surface area contributed by atoms with E-state index in [1.165, 1.54) is 10.9 Å². The minimum absolute atomic E-state index is 0.298. The third-order valence-electron chi connectivity index (χ3n) is 2.76. The molecule has 0 radical (unpaired) electrons. The highest BCUT2D eigenvalue weighted by atomic mass is 16.3. The lowest BCUT2D eigenvalue weighted by Crippen LogP contribution is -2.26. The van der Waals surface area contributed by atoms with E-state index in [0.29, 0.717) is 6.54 Å². The first-order valence-corrected chi connectivity index (χ1v) is 5.86. The van der Waals surface area contributed by atoms with E-state index in [4.69, 9.17) is 0 Å². The summed E-state index contributed by atoms with van der Waals surface area (Å²) < 4.78 is 0. The van der Waals surface area contributed by atoms with Crippen LogP contribution in [0.3, 0.4) is 0 Å². The molecule has 1 atom stereocenters. The Morgan fingerprint density at radius 1 is 1.29 bits per heavy atom. The maximum absolute atomic E-state index is 9.36. The summed E-state index contributed by atoms with van der Waals surface area (Å²) in [4.78, 5) is 6.46. The lowest BCUT2D eigenvalue weighted by atomic mass is 10.1. The molecule has 0 saturated heterocycles. The predicted octanol–water partition coefficient (Wildman–Crippen LogP) is 2.05. The summed E-state index contributed by atoms with van der Waals surface area (Å²) in [6, 6.07) is 10.2. The van der Waals surface area contributed by atoms with Gasteiger partial charge in [0.15, 0.2) is 0 Å². The number of likely N-dealkylation sites (N-methyl/N-ethyl adjacent to an activating group) is 1. The summed E-state index contributed by atoms with van der Waals surface area (Å²) in [5.74, 6) is 0. The third kappa shape index (κ3) is 3.02. The Morgan fingerprint density at radius 3 is 2.82 bits per heavy atom. The van der Waals surface area contributed by atoms with Crippen molar-refractivity contribution in [3.05, 3.63) is 42.1 Å². The Morgan fingerprint density at radius 2 is 2.06 bits per heavy atom. The highest BCUT2D eigenvalue weighted by molar-refractivity contribution is 5.81. The van der Waals surface area contributed by atoms with Gasteiger partial charge in [0.1, 0.15) is 0 Å². The van der Waals surface area contributed by atoms with Crippen molar-refractivity contribution in [1.82, 2.24) is 9.88 Å². The molecule has 0 aliphatic rings. The molecule has 90 valence electrons. The Bertz CT molecular complexity index is 491. The molecule has 0 amide bonds. The minimum atomic E-state index is -0.298. The molecule has 2 aromatic rings. The second kappa shape index (κ2) is 5.25. The van der Waals surface area contributed by atoms with Gasteiger partial charge in [0.25, 0.3) is 0 Å². The molecular formula is C14H18N2O. The molecule has 2 rings (SSSR count). The van der Waals surface area contributed by atoms with Gasteiger partial charge in [0.05, 0.1) is 11.6 Å². The monoisotopic (exact) mass is 230 g/mol. The van der Waals surface area contributed by atoms with Crippen molar-refractivity contribution >= 4 is 10.9 Å². The number of aromatic nitrogens is 1. The van der Waals surface area contributed by atoms with Crippen molar-refractivity contribution in [3.63, 3.8) is 0 Å². The Labute approximate surface area is 102 Å². The number of hydrogen-bond donors (Lipinski definition) is 1. The zero-order valence-electron chi connectivity index (χ0n) is 10.3. The molecule has 0 spiro atoms. The fraction of sp³-hybridized carbons (Fsp3) is 0.357. The van der Waals surface area contributed by atoms with E-state index in [2.05, 4.69) is 16.0 Å². The third-order valence-corrected chi connectivity index (χ3v) is 2.76. The smallest absolute Gasteiger partial charge is 0.0705 e. The van der Waals surface area contributed by atoms with Crippen molar-refractivity contribution in [1.29, 1.82) is 0 Å². The van der Waals surface area contributed by atoms with Crippen molar-refractivity contribution in [2.45, 2.75) is 19.6 Å². The van der Waals surface area contributed by atoms with Gasteiger partial charge in [-0.1, -0.05) is 18.2 Å². The molecule has 0 bridgehead atoms. The largest absolute Gasteiger partial charge is 0.392 e. The van der Waals surface area contributed by atoms with Crippen LogP contribution in [0.1, 0.15) is 12.5 Å². The number of fused-ring (bicyclic) bond motifs is 1. The number of benzene rings is 1. The van der Waals surface area contributed by atoms with E-state index in [1.807, 2.05) is 37.5 Å². The molecule has 1 aromatic heterocycles. The standard InChI is InChI=1S/C14H18N2O/c1-11(17)9-16(2)10-12-7-8-15-14-6-4-3-5-13(12)14/h3-8,11,17H,9-10H2,1-2H3. The summed E-state index contributed by atoms with van der Waals surface area (Å²) in [5, 5.41) is 10.5. The first-order chi connectivity index (χ1) is 8.16. The van der Waals surface area contributed by atoms with Gasteiger partial charge in [0, 0.05) is 24.7 Å². The van der Waals surface area contributed by atoms with Gasteiger partial charge in [-0.3, -0.25) is 9.88 Å². The number of para-hydroxylation sites is 1. The molecule has 3 heteroatoms. The molecule has 0 fully saturated rings. The number of nitrogens with zero attached hydrogens (tertiary/aromatic N) is 2. The van der Waals surface area contributed by atoms with Gasteiger partial charge in [-0.05, 0) is 31.7 Å². The van der Waals surface area contributed by atoms with Gasteiger partial charge in [-0.2, -0.15) is 0 Å². The van der Waals surface area contributed by atoms with Gasteiger partial charge < -0.3 is 5.11 Å². The highest BCUT2D eigenvalue weighted by Gasteiger charge is 2.06. The van der Waals surface area contributed by atoms with Gasteiger partial charge in [0.2, 0.25) is 0 Å². The van der Waals surface area contributed by atoms with Crippen molar-refractivity contribution < 1.29 is 5.11 Å². The second-order valence-corrected chi connectivity index (χ2v) is 4.53. The SMILES string of the molecule is CC(O)CN(C)Cc1ccnc2ccccc12. The predicted molar refractivity (Wildman–Crippen MR) is 69.8 cm³/mol. The molecule has 17 heavy (non-hydrogen) atoms. The van der Waals surface area contributed by atoms with Crippen LogP contribution >= 0.6 is 0 Å². The molecule has 1 unspecified atom stereocenters. The van der Waals surface area contributed by atoms with Gasteiger partial charge in [-0.15, -0.1) is 0 Å². The Hall–Kier alpha value is -1.45. The maximum Gasteiger partial charge on any atom is 0.0705 e. The average Bonchev–Trinajstić information content (AvgIpc) is 2.28. The summed E-state index contributed by atoms with van der Waals surface area (Å²) in [6.07, 6.45) is 1.54. The van der Waals surface area contributed by atoms with Crippen LogP contribution in [-0.4, -0.2) is 34.7 Å². The minimum Gasteiger partial charge on any atom is -0.392 e. The van der Waals surface area contributed by atoms with E-state index >= 15 is 0 Å². The van der Waals surface area contributed by atoms with Crippen LogP contribution in [0, 0.1) is 0 Å². The lowest BCUT2D eigenvalue weighted by molar-refractivity contribution is 0.138. The summed E-state index contributed by atoms with van der Waals surface area (Å²) in [7, 11) is 2.02. The van der Waals surface area contributed by atoms with Crippen molar-refractivity contribution in [3.8, 4) is 0 Å². The molecule has 1 N–H and O–H groups in total. The van der Waals surface area contributed by atoms with E-state index < -0.39 is 0 Å². The quantitative estimate of drug-likeness (QED) is 0.873. The molecule has 0 aliphatic heterocycles. The van der Waals surface area contributed by atoms with Crippen LogP contribution in [-0.2, 0) is 6.54 Å². The van der Waals surface area contributed by atoms with Crippen LogP contribution in [0.4, 0.5) is 0 Å². The van der Waals surface area contributed by atoms with E-state index in [0.717, 1.165) is 12.1 Å². The Kier molecular flexibility index (Phi) is 3.71. The topological polar surface area (TPSA) is 36.4 Å². The maximum atomic E-state index is 9.36. The molecule has 1 heterocycles. The zero-order valence-corrected chi connectivity index (χ0v) is 10.3. The number of pyridine rings is 1. The molecule has 0 saturated carbocycles. The number of aliphatic hydroxyl groups is 1. The van der Waals surface area contributed by atoms with Crippen LogP contribution in [0.15, 0.2) is 36.5 Å². The normalized spacial score (nSPS) is 13.2. The van der Waals surface area contributed by atoms with Crippen LogP contribution in [0.2, 0.25) is 0 Å². The molecule has 3 nitrogen and oxygen atoms in total. The Balaban J connectivity index is 2.24. The van der Waals surface area contributed by atoms with E-state index in [1.54, 1.807) is 6.92 Å². The van der Waals surface area contributed by atoms with Gasteiger partial charge >= 0.3 is 0 Å². The van der Waals surface area contributed by atoms with Crippen LogP contribution < -0.4 is 0 Å². The molecule has 1 aromatic carbocycles. The van der Waals surface area contributed by atoms with E-state index in [-0.39, 0.29) is 6.10 Å². The number of hydrogen-bond acceptors (Lipinski definition) is 3. The second-order valence-electron chi connectivity index (χ2n) is 4.53. The fourth-order valence-electron chi connectivity index (χ4n) is 2.10. The van der Waals surface area contributed by atoms with Crippen LogP contribution in [0.5, 0.6) is 0 Å². The average molecular weight is 230 g/mol. The lowest BCUT2D eigenvalue weighted by Gasteiger charge is -2.19. The highest BCUT2D eigenvalue weighted by Crippen LogP contribution is 2.17. The summed E-state index contributed by atoms with van der Waals surface area (Å²) in [5.41, 5.74) is 2.27. The number of aliphatic hydroxyl groups excluding tert-OH is 1. The first kappa shape index (κ1) is 12.0. The summed E-state index contributed by atoms with van der Waals surface area (Å²) >= 11 is 0. The fourth-order valence-corrected chi connectivity index (χ4v) is 2.10. The molecular weight excluding hydrogens is 212 g/mol.